The smallest absolute Gasteiger partial charge is 0.312 e. The van der Waals surface area contributed by atoms with Crippen molar-refractivity contribution < 1.29 is 24.5 Å². The molecule has 0 radical (unpaired) electrons. The maximum atomic E-state index is 13.3. The van der Waals surface area contributed by atoms with Gasteiger partial charge in [0.1, 0.15) is 12.7 Å². The fourth-order valence-electron chi connectivity index (χ4n) is 5.46. The average Bonchev–Trinajstić information content (AvgIpc) is 2.94. The fraction of sp³-hybridized carbons (Fsp3) is 0.533. The summed E-state index contributed by atoms with van der Waals surface area (Å²) in [7, 11) is 0. The average molecular weight is 543 g/mol. The van der Waals surface area contributed by atoms with Crippen molar-refractivity contribution in [2.75, 3.05) is 32.8 Å². The van der Waals surface area contributed by atoms with Crippen molar-refractivity contribution in [2.45, 2.75) is 63.7 Å². The maximum Gasteiger partial charge on any atom is 0.312 e. The molecule has 0 aliphatic carbocycles. The summed E-state index contributed by atoms with van der Waals surface area (Å²) in [5.41, 5.74) is 1.52. The van der Waals surface area contributed by atoms with Gasteiger partial charge in [-0.05, 0) is 68.5 Å². The summed E-state index contributed by atoms with van der Waals surface area (Å²) >= 11 is 5.97. The Kier molecular flexibility index (Phi) is 10.2. The summed E-state index contributed by atoms with van der Waals surface area (Å²) < 4.78 is 5.59. The molecule has 2 saturated heterocycles. The number of hydrogen-bond donors (Lipinski definition) is 2. The van der Waals surface area contributed by atoms with Gasteiger partial charge < -0.3 is 19.8 Å². The van der Waals surface area contributed by atoms with Crippen LogP contribution in [0.1, 0.15) is 49.7 Å². The van der Waals surface area contributed by atoms with Gasteiger partial charge >= 0.3 is 5.97 Å². The minimum atomic E-state index is -1.19. The van der Waals surface area contributed by atoms with Gasteiger partial charge in [0.15, 0.2) is 0 Å². The summed E-state index contributed by atoms with van der Waals surface area (Å²) in [6, 6.07) is 17.5. The molecular formula is C30H39ClN2O5. The zero-order chi connectivity index (χ0) is 27.0. The van der Waals surface area contributed by atoms with E-state index in [0.29, 0.717) is 37.4 Å². The van der Waals surface area contributed by atoms with Crippen molar-refractivity contribution in [3.8, 4) is 0 Å². The first-order valence-corrected chi connectivity index (χ1v) is 14.0. The van der Waals surface area contributed by atoms with E-state index in [1.165, 1.54) is 5.56 Å². The predicted octanol–water partition coefficient (Wildman–Crippen LogP) is 3.83. The first kappa shape index (κ1) is 28.6. The van der Waals surface area contributed by atoms with E-state index in [0.717, 1.165) is 38.0 Å². The molecule has 0 aromatic heterocycles. The number of aliphatic hydroxyl groups is 2. The minimum absolute atomic E-state index is 0.0276. The van der Waals surface area contributed by atoms with Crippen molar-refractivity contribution in [1.82, 2.24) is 9.80 Å². The highest BCUT2D eigenvalue weighted by atomic mass is 35.5. The largest absolute Gasteiger partial charge is 0.462 e. The molecule has 1 spiro atoms. The highest BCUT2D eigenvalue weighted by Crippen LogP contribution is 2.38. The zero-order valence-electron chi connectivity index (χ0n) is 21.9. The molecule has 2 aliphatic rings. The van der Waals surface area contributed by atoms with Gasteiger partial charge in [-0.1, -0.05) is 60.5 Å². The molecule has 0 bridgehead atoms. The summed E-state index contributed by atoms with van der Waals surface area (Å²) in [5, 5.41) is 21.6. The van der Waals surface area contributed by atoms with Gasteiger partial charge in [0.2, 0.25) is 5.91 Å². The Balaban J connectivity index is 1.40. The lowest BCUT2D eigenvalue weighted by Gasteiger charge is -2.40. The molecule has 38 heavy (non-hydrogen) atoms. The van der Waals surface area contributed by atoms with E-state index >= 15 is 0 Å². The summed E-state index contributed by atoms with van der Waals surface area (Å²) in [6.07, 6.45) is 1.80. The van der Waals surface area contributed by atoms with Crippen LogP contribution in [0, 0.1) is 5.41 Å². The second-order valence-corrected chi connectivity index (χ2v) is 11.1. The van der Waals surface area contributed by atoms with Gasteiger partial charge in [0, 0.05) is 24.7 Å². The van der Waals surface area contributed by atoms with Crippen LogP contribution in [-0.2, 0) is 27.3 Å². The number of carbonyl (C=O) groups excluding carboxylic acids is 2. The first-order valence-electron chi connectivity index (χ1n) is 13.7. The maximum absolute atomic E-state index is 13.3. The van der Waals surface area contributed by atoms with Crippen LogP contribution in [0.5, 0.6) is 0 Å². The molecule has 2 N–H and O–H groups in total. The lowest BCUT2D eigenvalue weighted by atomic mass is 9.74. The van der Waals surface area contributed by atoms with E-state index in [4.69, 9.17) is 16.3 Å². The Hall–Kier alpha value is -2.45. The van der Waals surface area contributed by atoms with Gasteiger partial charge in [-0.3, -0.25) is 14.5 Å². The van der Waals surface area contributed by atoms with Crippen LogP contribution in [0.4, 0.5) is 0 Å². The Morgan fingerprint density at radius 1 is 0.895 bits per heavy atom. The number of carbonyl (C=O) groups is 2. The SMILES string of the molecule is O=C(Cc1ccc(Cl)cc1)N1CCCCC2(CCN(Cc3ccccc3)CC2)C(=O)OC[C@@H](O)[C@@H](O)CC1. The number of cyclic esters (lactones) is 1. The van der Waals surface area contributed by atoms with Crippen LogP contribution in [-0.4, -0.2) is 76.9 Å². The highest BCUT2D eigenvalue weighted by Gasteiger charge is 2.42. The summed E-state index contributed by atoms with van der Waals surface area (Å²) in [6.45, 7) is 3.07. The molecule has 2 heterocycles. The van der Waals surface area contributed by atoms with Crippen LogP contribution < -0.4 is 0 Å². The minimum Gasteiger partial charge on any atom is -0.462 e. The van der Waals surface area contributed by atoms with Crippen molar-refractivity contribution in [3.05, 3.63) is 70.7 Å². The van der Waals surface area contributed by atoms with Crippen molar-refractivity contribution in [2.24, 2.45) is 5.41 Å². The fourth-order valence-corrected chi connectivity index (χ4v) is 5.58. The molecule has 1 amide bonds. The van der Waals surface area contributed by atoms with Crippen molar-refractivity contribution >= 4 is 23.5 Å². The molecule has 2 aliphatic heterocycles. The Morgan fingerprint density at radius 2 is 1.61 bits per heavy atom. The molecule has 2 fully saturated rings. The molecular weight excluding hydrogens is 504 g/mol. The molecule has 7 nitrogen and oxygen atoms in total. The van der Waals surface area contributed by atoms with Crippen molar-refractivity contribution in [1.29, 1.82) is 0 Å². The molecule has 0 saturated carbocycles. The third kappa shape index (κ3) is 7.79. The van der Waals surface area contributed by atoms with Crippen LogP contribution >= 0.6 is 11.6 Å². The molecule has 2 atom stereocenters. The molecule has 2 aromatic rings. The van der Waals surface area contributed by atoms with E-state index in [1.54, 1.807) is 17.0 Å². The summed E-state index contributed by atoms with van der Waals surface area (Å²) in [4.78, 5) is 30.6. The Morgan fingerprint density at radius 3 is 2.32 bits per heavy atom. The number of piperidine rings is 1. The molecule has 2 aromatic carbocycles. The highest BCUT2D eigenvalue weighted by molar-refractivity contribution is 6.30. The third-order valence-electron chi connectivity index (χ3n) is 7.97. The van der Waals surface area contributed by atoms with Gasteiger partial charge in [-0.15, -0.1) is 0 Å². The third-order valence-corrected chi connectivity index (χ3v) is 8.23. The van der Waals surface area contributed by atoms with E-state index < -0.39 is 17.6 Å². The Bertz CT molecular complexity index is 1040. The van der Waals surface area contributed by atoms with Crippen LogP contribution in [0.2, 0.25) is 5.02 Å². The number of hydrogen-bond acceptors (Lipinski definition) is 6. The number of esters is 1. The van der Waals surface area contributed by atoms with Gasteiger partial charge in [0.25, 0.3) is 0 Å². The quantitative estimate of drug-likeness (QED) is 0.571. The topological polar surface area (TPSA) is 90.3 Å². The summed E-state index contributed by atoms with van der Waals surface area (Å²) in [5.74, 6) is -0.307. The standard InChI is InChI=1S/C30H39ClN2O5/c31-25-10-8-23(9-11-25)20-28(36)33-16-5-4-13-30(29(37)38-22-27(35)26(34)12-17-33)14-18-32(19-15-30)21-24-6-2-1-3-7-24/h1-3,6-11,26-27,34-35H,4-5,12-22H2/t26-,27+/m0/s1. The van der Waals surface area contributed by atoms with E-state index in [-0.39, 0.29) is 31.3 Å². The molecule has 0 unspecified atom stereocenters. The van der Waals surface area contributed by atoms with Crippen LogP contribution in [0.15, 0.2) is 54.6 Å². The number of aliphatic hydroxyl groups excluding tert-OH is 2. The first-order chi connectivity index (χ1) is 18.3. The monoisotopic (exact) mass is 542 g/mol. The van der Waals surface area contributed by atoms with E-state index in [2.05, 4.69) is 17.0 Å². The number of nitrogens with zero attached hydrogens (tertiary/aromatic N) is 2. The van der Waals surface area contributed by atoms with E-state index in [1.807, 2.05) is 30.3 Å². The van der Waals surface area contributed by atoms with Gasteiger partial charge in [0.05, 0.1) is 17.9 Å². The van der Waals surface area contributed by atoms with Gasteiger partial charge in [-0.2, -0.15) is 0 Å². The molecule has 206 valence electrons. The normalized spacial score (nSPS) is 23.7. The van der Waals surface area contributed by atoms with Gasteiger partial charge in [-0.25, -0.2) is 0 Å². The van der Waals surface area contributed by atoms with E-state index in [9.17, 15) is 19.8 Å². The lowest BCUT2D eigenvalue weighted by Crippen LogP contribution is -2.45. The Labute approximate surface area is 230 Å². The number of ether oxygens (including phenoxy) is 1. The molecule has 8 heteroatoms. The van der Waals surface area contributed by atoms with Crippen LogP contribution in [0.25, 0.3) is 0 Å². The second-order valence-electron chi connectivity index (χ2n) is 10.7. The number of benzene rings is 2. The van der Waals surface area contributed by atoms with Crippen molar-refractivity contribution in [3.63, 3.8) is 0 Å². The number of rotatable bonds is 4. The lowest BCUT2D eigenvalue weighted by molar-refractivity contribution is -0.165. The van der Waals surface area contributed by atoms with Crippen LogP contribution in [0.3, 0.4) is 0 Å². The zero-order valence-corrected chi connectivity index (χ0v) is 22.7. The number of amides is 1. The number of likely N-dealkylation sites (tertiary alicyclic amines) is 1. The number of halogens is 1. The predicted molar refractivity (Wildman–Crippen MR) is 147 cm³/mol. The molecule has 4 rings (SSSR count). The second kappa shape index (κ2) is 13.6.